The molecule has 5 heteroatoms. The standard InChI is InChI=1S/C14H12N4O/c1-10-3-4-12-11(7-10)8-17-18(14(12)19)9-13-15-5-2-6-16-13/h2-8H,9H2,1H3. The first kappa shape index (κ1) is 11.5. The van der Waals surface area contributed by atoms with Crippen LogP contribution in [0.1, 0.15) is 11.4 Å². The van der Waals surface area contributed by atoms with Crippen molar-refractivity contribution in [1.82, 2.24) is 19.7 Å². The third-order valence-corrected chi connectivity index (χ3v) is 2.92. The van der Waals surface area contributed by atoms with E-state index in [2.05, 4.69) is 15.1 Å². The van der Waals surface area contributed by atoms with Crippen LogP contribution < -0.4 is 5.56 Å². The third kappa shape index (κ3) is 2.22. The minimum atomic E-state index is -0.120. The second kappa shape index (κ2) is 4.61. The molecule has 0 saturated carbocycles. The Morgan fingerprint density at radius 2 is 2.00 bits per heavy atom. The van der Waals surface area contributed by atoms with Gasteiger partial charge in [-0.3, -0.25) is 4.79 Å². The summed E-state index contributed by atoms with van der Waals surface area (Å²) in [6.45, 7) is 2.27. The third-order valence-electron chi connectivity index (χ3n) is 2.92. The molecule has 0 amide bonds. The molecule has 19 heavy (non-hydrogen) atoms. The molecule has 0 unspecified atom stereocenters. The summed E-state index contributed by atoms with van der Waals surface area (Å²) in [5, 5.41) is 5.69. The fourth-order valence-corrected chi connectivity index (χ4v) is 1.97. The van der Waals surface area contributed by atoms with E-state index in [4.69, 9.17) is 0 Å². The number of fused-ring (bicyclic) bond motifs is 1. The van der Waals surface area contributed by atoms with Crippen molar-refractivity contribution in [1.29, 1.82) is 0 Å². The van der Waals surface area contributed by atoms with E-state index >= 15 is 0 Å². The van der Waals surface area contributed by atoms with Crippen LogP contribution in [-0.4, -0.2) is 19.7 Å². The lowest BCUT2D eigenvalue weighted by Crippen LogP contribution is -2.24. The Morgan fingerprint density at radius 1 is 1.21 bits per heavy atom. The van der Waals surface area contributed by atoms with Crippen LogP contribution in [0.5, 0.6) is 0 Å². The minimum Gasteiger partial charge on any atom is -0.267 e. The zero-order valence-electron chi connectivity index (χ0n) is 10.4. The van der Waals surface area contributed by atoms with E-state index in [1.807, 2.05) is 25.1 Å². The molecule has 3 rings (SSSR count). The summed E-state index contributed by atoms with van der Waals surface area (Å²) in [4.78, 5) is 20.5. The van der Waals surface area contributed by atoms with Crippen LogP contribution >= 0.6 is 0 Å². The van der Waals surface area contributed by atoms with Crippen LogP contribution in [0.3, 0.4) is 0 Å². The predicted octanol–water partition coefficient (Wildman–Crippen LogP) is 1.54. The van der Waals surface area contributed by atoms with Crippen LogP contribution in [-0.2, 0) is 6.54 Å². The highest BCUT2D eigenvalue weighted by Crippen LogP contribution is 2.10. The van der Waals surface area contributed by atoms with Gasteiger partial charge in [0, 0.05) is 17.8 Å². The van der Waals surface area contributed by atoms with Crippen LogP contribution in [0, 0.1) is 6.92 Å². The Labute approximate surface area is 109 Å². The molecule has 5 nitrogen and oxygen atoms in total. The van der Waals surface area contributed by atoms with Gasteiger partial charge in [0.25, 0.3) is 5.56 Å². The van der Waals surface area contributed by atoms with E-state index in [9.17, 15) is 4.79 Å². The van der Waals surface area contributed by atoms with Gasteiger partial charge >= 0.3 is 0 Å². The van der Waals surface area contributed by atoms with Gasteiger partial charge in [0.15, 0.2) is 0 Å². The van der Waals surface area contributed by atoms with Crippen LogP contribution in [0.15, 0.2) is 47.7 Å². The molecule has 0 fully saturated rings. The minimum absolute atomic E-state index is 0.120. The average Bonchev–Trinajstić information content (AvgIpc) is 2.43. The van der Waals surface area contributed by atoms with Crippen molar-refractivity contribution in [3.63, 3.8) is 0 Å². The Balaban J connectivity index is 2.08. The van der Waals surface area contributed by atoms with E-state index in [0.29, 0.717) is 11.2 Å². The molecule has 0 aliphatic heterocycles. The molecule has 94 valence electrons. The number of aromatic nitrogens is 4. The van der Waals surface area contributed by atoms with Crippen LogP contribution in [0.4, 0.5) is 0 Å². The Hall–Kier alpha value is -2.56. The molecule has 0 spiro atoms. The maximum Gasteiger partial charge on any atom is 0.275 e. The van der Waals surface area contributed by atoms with Crippen molar-refractivity contribution in [3.05, 3.63) is 64.6 Å². The van der Waals surface area contributed by atoms with E-state index in [-0.39, 0.29) is 12.1 Å². The number of aryl methyl sites for hydroxylation is 1. The van der Waals surface area contributed by atoms with Crippen molar-refractivity contribution in [3.8, 4) is 0 Å². The molecule has 0 atom stereocenters. The second-order valence-electron chi connectivity index (χ2n) is 4.36. The van der Waals surface area contributed by atoms with Crippen molar-refractivity contribution in [2.75, 3.05) is 0 Å². The van der Waals surface area contributed by atoms with Crippen molar-refractivity contribution < 1.29 is 0 Å². The second-order valence-corrected chi connectivity index (χ2v) is 4.36. The topological polar surface area (TPSA) is 60.7 Å². The lowest BCUT2D eigenvalue weighted by Gasteiger charge is -2.05. The molecule has 0 aliphatic rings. The van der Waals surface area contributed by atoms with Crippen molar-refractivity contribution in [2.24, 2.45) is 0 Å². The Morgan fingerprint density at radius 3 is 2.79 bits per heavy atom. The SMILES string of the molecule is Cc1ccc2c(=O)n(Cc3ncccn3)ncc2c1. The van der Waals surface area contributed by atoms with Gasteiger partial charge in [0.2, 0.25) is 0 Å². The summed E-state index contributed by atoms with van der Waals surface area (Å²) in [7, 11) is 0. The van der Waals surface area contributed by atoms with Gasteiger partial charge in [-0.15, -0.1) is 0 Å². The first-order valence-corrected chi connectivity index (χ1v) is 5.96. The predicted molar refractivity (Wildman–Crippen MR) is 71.9 cm³/mol. The average molecular weight is 252 g/mol. The largest absolute Gasteiger partial charge is 0.275 e. The zero-order valence-corrected chi connectivity index (χ0v) is 10.4. The van der Waals surface area contributed by atoms with Gasteiger partial charge in [-0.1, -0.05) is 11.6 Å². The van der Waals surface area contributed by atoms with Gasteiger partial charge in [-0.25, -0.2) is 14.6 Å². The summed E-state index contributed by atoms with van der Waals surface area (Å²) in [5.41, 5.74) is 0.989. The highest BCUT2D eigenvalue weighted by atomic mass is 16.1. The monoisotopic (exact) mass is 252 g/mol. The fraction of sp³-hybridized carbons (Fsp3) is 0.143. The lowest BCUT2D eigenvalue weighted by molar-refractivity contribution is 0.621. The van der Waals surface area contributed by atoms with Crippen molar-refractivity contribution >= 4 is 10.8 Å². The Bertz CT molecular complexity index is 780. The molecule has 0 aliphatic carbocycles. The summed E-state index contributed by atoms with van der Waals surface area (Å²) in [6.07, 6.45) is 5.00. The molecule has 2 heterocycles. The van der Waals surface area contributed by atoms with Gasteiger partial charge in [-0.2, -0.15) is 5.10 Å². The van der Waals surface area contributed by atoms with E-state index in [1.165, 1.54) is 4.68 Å². The number of rotatable bonds is 2. The molecule has 0 N–H and O–H groups in total. The van der Waals surface area contributed by atoms with E-state index in [0.717, 1.165) is 10.9 Å². The van der Waals surface area contributed by atoms with Gasteiger partial charge in [-0.05, 0) is 25.1 Å². The lowest BCUT2D eigenvalue weighted by atomic mass is 10.1. The summed E-state index contributed by atoms with van der Waals surface area (Å²) in [5.74, 6) is 0.573. The number of hydrogen-bond acceptors (Lipinski definition) is 4. The number of benzene rings is 1. The van der Waals surface area contributed by atoms with Gasteiger partial charge in [0.1, 0.15) is 12.4 Å². The summed E-state index contributed by atoms with van der Waals surface area (Å²) in [6, 6.07) is 7.44. The summed E-state index contributed by atoms with van der Waals surface area (Å²) >= 11 is 0. The molecule has 3 aromatic rings. The number of hydrogen-bond donors (Lipinski definition) is 0. The molecule has 0 bridgehead atoms. The smallest absolute Gasteiger partial charge is 0.267 e. The molecule has 2 aromatic heterocycles. The van der Waals surface area contributed by atoms with Crippen LogP contribution in [0.25, 0.3) is 10.8 Å². The Kier molecular flexibility index (Phi) is 2.79. The quantitative estimate of drug-likeness (QED) is 0.694. The first-order chi connectivity index (χ1) is 9.24. The molecule has 0 radical (unpaired) electrons. The molecular formula is C14H12N4O. The highest BCUT2D eigenvalue weighted by Gasteiger charge is 2.05. The molecule has 1 aromatic carbocycles. The normalized spacial score (nSPS) is 10.8. The van der Waals surface area contributed by atoms with E-state index < -0.39 is 0 Å². The highest BCUT2D eigenvalue weighted by molar-refractivity contribution is 5.81. The molecular weight excluding hydrogens is 240 g/mol. The zero-order chi connectivity index (χ0) is 13.2. The van der Waals surface area contributed by atoms with E-state index in [1.54, 1.807) is 24.7 Å². The van der Waals surface area contributed by atoms with Gasteiger partial charge in [0.05, 0.1) is 11.6 Å². The molecule has 0 saturated heterocycles. The fourth-order valence-electron chi connectivity index (χ4n) is 1.97. The maximum absolute atomic E-state index is 12.3. The maximum atomic E-state index is 12.3. The van der Waals surface area contributed by atoms with Gasteiger partial charge < -0.3 is 0 Å². The van der Waals surface area contributed by atoms with Crippen LogP contribution in [0.2, 0.25) is 0 Å². The van der Waals surface area contributed by atoms with Crippen molar-refractivity contribution in [2.45, 2.75) is 13.5 Å². The number of nitrogens with zero attached hydrogens (tertiary/aromatic N) is 4. The summed E-state index contributed by atoms with van der Waals surface area (Å²) < 4.78 is 1.38. The first-order valence-electron chi connectivity index (χ1n) is 5.96.